The Kier molecular flexibility index (Phi) is 7.74. The van der Waals surface area contributed by atoms with Crippen molar-refractivity contribution in [3.8, 4) is 11.3 Å². The first-order valence-electron chi connectivity index (χ1n) is 11.6. The van der Waals surface area contributed by atoms with Crippen molar-refractivity contribution in [3.05, 3.63) is 88.7 Å². The van der Waals surface area contributed by atoms with Crippen molar-refractivity contribution in [3.63, 3.8) is 0 Å². The third-order valence-corrected chi connectivity index (χ3v) is 8.57. The number of carbonyl (C=O) groups is 2. The number of amides is 2. The van der Waals surface area contributed by atoms with E-state index in [0.29, 0.717) is 30.6 Å². The number of hydrogen-bond acceptors (Lipinski definition) is 5. The lowest BCUT2D eigenvalue weighted by Crippen LogP contribution is -2.26. The zero-order valence-electron chi connectivity index (χ0n) is 20.0. The van der Waals surface area contributed by atoms with Gasteiger partial charge in [0.2, 0.25) is 0 Å². The van der Waals surface area contributed by atoms with E-state index in [9.17, 15) is 14.0 Å². The summed E-state index contributed by atoms with van der Waals surface area (Å²) in [7, 11) is 7.56. The first kappa shape index (κ1) is 25.6. The number of hydrogen-bond donors (Lipinski definition) is 2. The third-order valence-electron chi connectivity index (χ3n) is 6.28. The van der Waals surface area contributed by atoms with E-state index >= 15 is 0 Å². The van der Waals surface area contributed by atoms with E-state index in [1.807, 2.05) is 48.5 Å². The molecule has 3 aromatic carbocycles. The monoisotopic (exact) mass is 553 g/mol. The molecule has 1 aromatic heterocycles. The van der Waals surface area contributed by atoms with E-state index in [4.69, 9.17) is 4.74 Å². The molecule has 1 aliphatic heterocycles. The summed E-state index contributed by atoms with van der Waals surface area (Å²) in [6, 6.07) is 18.5. The lowest BCUT2D eigenvalue weighted by Gasteiger charge is -2.17. The number of ether oxygens (including phenoxy) is 1. The smallest absolute Gasteiger partial charge is 0.410 e. The van der Waals surface area contributed by atoms with Crippen LogP contribution in [0, 0.1) is 5.82 Å². The van der Waals surface area contributed by atoms with Crippen LogP contribution in [0.4, 0.5) is 9.18 Å². The van der Waals surface area contributed by atoms with Crippen LogP contribution in [0.15, 0.2) is 65.6 Å². The van der Waals surface area contributed by atoms with Gasteiger partial charge in [-0.3, -0.25) is 4.79 Å². The number of rotatable bonds is 7. The van der Waals surface area contributed by atoms with Gasteiger partial charge < -0.3 is 19.9 Å². The third kappa shape index (κ3) is 5.64. The minimum absolute atomic E-state index is 0.212. The number of aromatic amines is 1. The van der Waals surface area contributed by atoms with Gasteiger partial charge in [-0.2, -0.15) is 0 Å². The molecule has 2 N–H and O–H groups in total. The van der Waals surface area contributed by atoms with Crippen LogP contribution in [-0.2, 0) is 24.3 Å². The van der Waals surface area contributed by atoms with Gasteiger partial charge in [0, 0.05) is 41.6 Å². The van der Waals surface area contributed by atoms with Gasteiger partial charge in [0.05, 0.1) is 5.56 Å². The summed E-state index contributed by atoms with van der Waals surface area (Å²) < 4.78 is 19.6. The number of halogens is 1. The standard InChI is InChI=1S/C27H25FN3O3PS2/c1-31(27(33)34-15-17-4-8-20(9-5-17)36-37-35)14-16-2-6-18(7-3-16)25-21-10-11-29-26(32)22-12-19(28)13-23(30-25)24(21)22/h2-9,12-13,30H,10-11,14-15,35H2,1H3,(H,29,32). The molecule has 10 heteroatoms. The Balaban J connectivity index is 1.27. The van der Waals surface area contributed by atoms with E-state index in [1.165, 1.54) is 17.0 Å². The molecule has 0 saturated heterocycles. The molecule has 0 aliphatic carbocycles. The molecule has 5 rings (SSSR count). The summed E-state index contributed by atoms with van der Waals surface area (Å²) in [6.45, 7) is 1.09. The summed E-state index contributed by atoms with van der Waals surface area (Å²) in [5, 5.41) is 3.61. The van der Waals surface area contributed by atoms with Crippen LogP contribution in [0.1, 0.15) is 27.0 Å². The molecular weight excluding hydrogens is 528 g/mol. The topological polar surface area (TPSA) is 74.4 Å². The summed E-state index contributed by atoms with van der Waals surface area (Å²) in [4.78, 5) is 30.9. The molecule has 1 atom stereocenters. The Morgan fingerprint density at radius 1 is 1.11 bits per heavy atom. The average molecular weight is 554 g/mol. The second-order valence-electron chi connectivity index (χ2n) is 8.79. The predicted molar refractivity (Wildman–Crippen MR) is 151 cm³/mol. The van der Waals surface area contributed by atoms with Crippen LogP contribution in [-0.4, -0.2) is 35.5 Å². The van der Waals surface area contributed by atoms with Crippen LogP contribution in [0.3, 0.4) is 0 Å². The molecule has 4 aromatic rings. The maximum atomic E-state index is 14.1. The van der Waals surface area contributed by atoms with Crippen molar-refractivity contribution in [2.24, 2.45) is 0 Å². The molecule has 0 spiro atoms. The number of nitrogens with one attached hydrogen (secondary N) is 2. The SMILES string of the molecule is CN(Cc1ccc(-c2[nH]c3cc(F)cc4c3c2CCNC4=O)cc1)C(=O)OCc1ccc(SSP)cc1. The van der Waals surface area contributed by atoms with Crippen LogP contribution >= 0.6 is 29.6 Å². The van der Waals surface area contributed by atoms with Crippen molar-refractivity contribution in [2.75, 3.05) is 13.6 Å². The van der Waals surface area contributed by atoms with Crippen LogP contribution in [0.5, 0.6) is 0 Å². The minimum atomic E-state index is -0.449. The Morgan fingerprint density at radius 2 is 1.84 bits per heavy atom. The molecule has 2 amide bonds. The number of H-pyrrole nitrogens is 1. The zero-order valence-corrected chi connectivity index (χ0v) is 22.8. The van der Waals surface area contributed by atoms with Crippen molar-refractivity contribution >= 4 is 52.6 Å². The highest BCUT2D eigenvalue weighted by Crippen LogP contribution is 2.36. The van der Waals surface area contributed by atoms with Crippen molar-refractivity contribution in [1.82, 2.24) is 15.2 Å². The van der Waals surface area contributed by atoms with E-state index in [1.54, 1.807) is 28.3 Å². The molecule has 1 aliphatic rings. The van der Waals surface area contributed by atoms with Gasteiger partial charge in [-0.15, -0.1) is 0 Å². The second-order valence-corrected chi connectivity index (χ2v) is 12.4. The molecule has 1 unspecified atom stereocenters. The Bertz CT molecular complexity index is 1460. The normalized spacial score (nSPS) is 12.8. The summed E-state index contributed by atoms with van der Waals surface area (Å²) >= 11 is 0. The molecule has 0 fully saturated rings. The molecule has 0 radical (unpaired) electrons. The number of aromatic nitrogens is 1. The van der Waals surface area contributed by atoms with Gasteiger partial charge in [-0.25, -0.2) is 9.18 Å². The van der Waals surface area contributed by atoms with E-state index < -0.39 is 11.9 Å². The first-order chi connectivity index (χ1) is 17.9. The highest BCUT2D eigenvalue weighted by molar-refractivity contribution is 8.94. The lowest BCUT2D eigenvalue weighted by atomic mass is 9.99. The molecule has 6 nitrogen and oxygen atoms in total. The quantitative estimate of drug-likeness (QED) is 0.200. The van der Waals surface area contributed by atoms with Gasteiger partial charge in [0.15, 0.2) is 0 Å². The zero-order chi connectivity index (χ0) is 25.9. The summed E-state index contributed by atoms with van der Waals surface area (Å²) in [5.74, 6) is -0.708. The van der Waals surface area contributed by atoms with E-state index in [2.05, 4.69) is 18.7 Å². The van der Waals surface area contributed by atoms with E-state index in [-0.39, 0.29) is 12.5 Å². The summed E-state index contributed by atoms with van der Waals surface area (Å²) in [6.07, 6.45) is 0.250. The Morgan fingerprint density at radius 3 is 2.57 bits per heavy atom. The molecule has 2 heterocycles. The van der Waals surface area contributed by atoms with Crippen LogP contribution < -0.4 is 5.32 Å². The molecule has 0 bridgehead atoms. The predicted octanol–water partition coefficient (Wildman–Crippen LogP) is 6.56. The second kappa shape index (κ2) is 11.2. The lowest BCUT2D eigenvalue weighted by molar-refractivity contribution is 0.0956. The largest absolute Gasteiger partial charge is 0.445 e. The fourth-order valence-electron chi connectivity index (χ4n) is 4.50. The number of benzene rings is 3. The van der Waals surface area contributed by atoms with Gasteiger partial charge in [0.25, 0.3) is 5.91 Å². The van der Waals surface area contributed by atoms with Gasteiger partial charge in [-0.05, 0) is 52.9 Å². The molecule has 37 heavy (non-hydrogen) atoms. The van der Waals surface area contributed by atoms with Crippen molar-refractivity contribution in [2.45, 2.75) is 24.5 Å². The van der Waals surface area contributed by atoms with Gasteiger partial charge in [-0.1, -0.05) is 66.0 Å². The molecule has 0 saturated carbocycles. The maximum absolute atomic E-state index is 14.1. The van der Waals surface area contributed by atoms with Crippen molar-refractivity contribution < 1.29 is 18.7 Å². The minimum Gasteiger partial charge on any atom is -0.445 e. The highest BCUT2D eigenvalue weighted by atomic mass is 33.3. The first-order valence-corrected chi connectivity index (χ1v) is 15.3. The molecular formula is C27H25FN3O3PS2. The maximum Gasteiger partial charge on any atom is 0.410 e. The van der Waals surface area contributed by atoms with Crippen LogP contribution in [0.2, 0.25) is 0 Å². The Hall–Kier alpha value is -3.00. The highest BCUT2D eigenvalue weighted by Gasteiger charge is 2.23. The van der Waals surface area contributed by atoms with Crippen molar-refractivity contribution in [1.29, 1.82) is 0 Å². The van der Waals surface area contributed by atoms with Gasteiger partial charge >= 0.3 is 6.09 Å². The van der Waals surface area contributed by atoms with Gasteiger partial charge in [0.1, 0.15) is 12.4 Å². The van der Waals surface area contributed by atoms with E-state index in [0.717, 1.165) is 38.2 Å². The molecule has 190 valence electrons. The van der Waals surface area contributed by atoms with Crippen LogP contribution in [0.25, 0.3) is 22.2 Å². The Labute approximate surface area is 224 Å². The number of nitrogens with zero attached hydrogens (tertiary/aromatic N) is 1. The fraction of sp³-hybridized carbons (Fsp3) is 0.185. The fourth-order valence-corrected chi connectivity index (χ4v) is 6.53. The summed E-state index contributed by atoms with van der Waals surface area (Å²) in [5.41, 5.74) is 5.65. The average Bonchev–Trinajstić information content (AvgIpc) is 3.17. The number of carbonyl (C=O) groups excluding carboxylic acids is 2.